The highest BCUT2D eigenvalue weighted by Gasteiger charge is 2.29. The molecule has 2 aromatic carbocycles. The fourth-order valence-electron chi connectivity index (χ4n) is 7.47. The molecule has 2 atom stereocenters. The number of nitrogens with one attached hydrogen (secondary N) is 2. The van der Waals surface area contributed by atoms with Gasteiger partial charge in [0.2, 0.25) is 0 Å². The monoisotopic (exact) mass is 710 g/mol. The van der Waals surface area contributed by atoms with E-state index in [2.05, 4.69) is 27.5 Å². The van der Waals surface area contributed by atoms with Gasteiger partial charge in [-0.1, -0.05) is 37.5 Å². The predicted molar refractivity (Wildman–Crippen MR) is 195 cm³/mol. The van der Waals surface area contributed by atoms with Crippen molar-refractivity contribution in [3.63, 3.8) is 0 Å². The first kappa shape index (κ1) is 36.9. The number of amides is 2. The van der Waals surface area contributed by atoms with Crippen molar-refractivity contribution in [1.82, 2.24) is 20.6 Å². The first-order valence-electron chi connectivity index (χ1n) is 18.5. The quantitative estimate of drug-likeness (QED) is 0.144. The van der Waals surface area contributed by atoms with Gasteiger partial charge < -0.3 is 20.1 Å². The van der Waals surface area contributed by atoms with E-state index in [1.807, 2.05) is 13.0 Å². The zero-order valence-electron chi connectivity index (χ0n) is 30.0. The molecule has 2 aromatic heterocycles. The van der Waals surface area contributed by atoms with Gasteiger partial charge in [-0.05, 0) is 118 Å². The highest BCUT2D eigenvalue weighted by Crippen LogP contribution is 2.39. The molecule has 2 aliphatic rings. The predicted octanol–water partition coefficient (Wildman–Crippen LogP) is 8.70. The number of hydrogen-bond acceptors (Lipinski definition) is 6. The molecule has 0 saturated heterocycles. The molecule has 2 amide bonds. The van der Waals surface area contributed by atoms with Crippen molar-refractivity contribution in [2.45, 2.75) is 103 Å². The van der Waals surface area contributed by atoms with Crippen molar-refractivity contribution in [1.29, 1.82) is 0 Å². The molecule has 0 bridgehead atoms. The topological polar surface area (TPSA) is 102 Å². The Bertz CT molecular complexity index is 1790. The summed E-state index contributed by atoms with van der Waals surface area (Å²) in [4.78, 5) is 34.4. The summed E-state index contributed by atoms with van der Waals surface area (Å²) in [5, 5.41) is 6.24. The van der Waals surface area contributed by atoms with Crippen LogP contribution in [0.1, 0.15) is 115 Å². The number of carbonyl (C=O) groups is 2. The third kappa shape index (κ3) is 9.72. The third-order valence-electron chi connectivity index (χ3n) is 10.7. The van der Waals surface area contributed by atoms with Crippen molar-refractivity contribution in [3.05, 3.63) is 119 Å². The number of pyridine rings is 2. The Hall–Kier alpha value is -4.86. The standard InChI is InChI=1S/C42H48F2N4O4/c1-27(29-8-4-3-5-9-29)47-41(49)32-16-18-34(45-23-32)25-51-36-20-21-37(39(44)22-36)31-14-12-30(13-15-31)28(2)48-42(50)33-17-19-35(46-24-33)26-52-40-11-7-6-10-38(40)43/h6-7,10-11,16-24,27-31H,3-5,8-9,12-15,25-26H2,1-2H3,(H,47,49)(H,48,50). The van der Waals surface area contributed by atoms with E-state index in [9.17, 15) is 14.0 Å². The van der Waals surface area contributed by atoms with E-state index >= 15 is 4.39 Å². The van der Waals surface area contributed by atoms with Crippen molar-refractivity contribution in [3.8, 4) is 11.5 Å². The number of aromatic nitrogens is 2. The maximum atomic E-state index is 15.3. The SMILES string of the molecule is CC(NC(=O)c1ccc(COc2ccc(C3CCC(C(C)NC(=O)c4ccc(COc5ccccc5F)nc4)CC3)c(F)c2)nc1)C1CCCCC1. The zero-order valence-corrected chi connectivity index (χ0v) is 30.0. The van der Waals surface area contributed by atoms with Gasteiger partial charge in [0.1, 0.15) is 24.8 Å². The molecule has 6 rings (SSSR count). The zero-order chi connectivity index (χ0) is 36.5. The van der Waals surface area contributed by atoms with E-state index in [-0.39, 0.29) is 60.5 Å². The van der Waals surface area contributed by atoms with Gasteiger partial charge in [-0.25, -0.2) is 8.78 Å². The van der Waals surface area contributed by atoms with Crippen LogP contribution in [0.3, 0.4) is 0 Å². The van der Waals surface area contributed by atoms with Crippen molar-refractivity contribution >= 4 is 11.8 Å². The fraction of sp³-hybridized carbons (Fsp3) is 0.429. The molecule has 2 fully saturated rings. The van der Waals surface area contributed by atoms with Gasteiger partial charge >= 0.3 is 0 Å². The van der Waals surface area contributed by atoms with Crippen LogP contribution in [0.25, 0.3) is 0 Å². The van der Waals surface area contributed by atoms with Crippen molar-refractivity contribution < 1.29 is 27.8 Å². The summed E-state index contributed by atoms with van der Waals surface area (Å²) in [6, 6.07) is 18.2. The Balaban J connectivity index is 0.925. The van der Waals surface area contributed by atoms with E-state index in [0.29, 0.717) is 39.7 Å². The van der Waals surface area contributed by atoms with Crippen LogP contribution >= 0.6 is 0 Å². The Morgan fingerprint density at radius 3 is 1.83 bits per heavy atom. The van der Waals surface area contributed by atoms with Crippen LogP contribution < -0.4 is 20.1 Å². The molecular formula is C42H48F2N4O4. The second-order valence-corrected chi connectivity index (χ2v) is 14.3. The highest BCUT2D eigenvalue weighted by molar-refractivity contribution is 5.94. The summed E-state index contributed by atoms with van der Waals surface area (Å²) in [6.45, 7) is 4.35. The second kappa shape index (κ2) is 17.6. The fourth-order valence-corrected chi connectivity index (χ4v) is 7.47. The first-order valence-corrected chi connectivity index (χ1v) is 18.5. The molecule has 2 aliphatic carbocycles. The lowest BCUT2D eigenvalue weighted by molar-refractivity contribution is 0.0909. The van der Waals surface area contributed by atoms with E-state index in [0.717, 1.165) is 38.5 Å². The maximum absolute atomic E-state index is 15.3. The summed E-state index contributed by atoms with van der Waals surface area (Å²) < 4.78 is 40.5. The van der Waals surface area contributed by atoms with Gasteiger partial charge in [0.05, 0.1) is 22.5 Å². The summed E-state index contributed by atoms with van der Waals surface area (Å²) >= 11 is 0. The summed E-state index contributed by atoms with van der Waals surface area (Å²) in [5.74, 6) is 0.427. The highest BCUT2D eigenvalue weighted by atomic mass is 19.1. The molecule has 0 aliphatic heterocycles. The van der Waals surface area contributed by atoms with E-state index in [4.69, 9.17) is 9.47 Å². The molecule has 0 radical (unpaired) electrons. The lowest BCUT2D eigenvalue weighted by Crippen LogP contribution is -2.39. The van der Waals surface area contributed by atoms with Crippen LogP contribution in [0.4, 0.5) is 8.78 Å². The Morgan fingerprint density at radius 1 is 0.692 bits per heavy atom. The minimum atomic E-state index is -0.440. The smallest absolute Gasteiger partial charge is 0.253 e. The molecule has 2 saturated carbocycles. The van der Waals surface area contributed by atoms with Crippen LogP contribution in [0.5, 0.6) is 11.5 Å². The number of hydrogen-bond donors (Lipinski definition) is 2. The lowest BCUT2D eigenvalue weighted by atomic mass is 9.76. The molecule has 2 heterocycles. The Labute approximate surface area is 304 Å². The van der Waals surface area contributed by atoms with E-state index in [1.54, 1.807) is 54.7 Å². The number of halogens is 2. The molecular weight excluding hydrogens is 662 g/mol. The molecule has 8 nitrogen and oxygen atoms in total. The largest absolute Gasteiger partial charge is 0.487 e. The van der Waals surface area contributed by atoms with Crippen molar-refractivity contribution in [2.24, 2.45) is 11.8 Å². The van der Waals surface area contributed by atoms with E-state index < -0.39 is 5.82 Å². The van der Waals surface area contributed by atoms with Gasteiger partial charge in [-0.2, -0.15) is 0 Å². The first-order chi connectivity index (χ1) is 25.2. The second-order valence-electron chi connectivity index (χ2n) is 14.3. The molecule has 274 valence electrons. The molecule has 2 unspecified atom stereocenters. The number of rotatable bonds is 13. The van der Waals surface area contributed by atoms with E-state index in [1.165, 1.54) is 37.6 Å². The molecule has 52 heavy (non-hydrogen) atoms. The summed E-state index contributed by atoms with van der Waals surface area (Å²) in [5.41, 5.74) is 2.88. The third-order valence-corrected chi connectivity index (χ3v) is 10.7. The van der Waals surface area contributed by atoms with Gasteiger partial charge in [-0.3, -0.25) is 19.6 Å². The molecule has 0 spiro atoms. The Morgan fingerprint density at radius 2 is 1.27 bits per heavy atom. The molecule has 4 aromatic rings. The molecule has 10 heteroatoms. The molecule has 2 N–H and O–H groups in total. The van der Waals surface area contributed by atoms with Crippen LogP contribution in [0, 0.1) is 23.5 Å². The number of carbonyl (C=O) groups excluding carboxylic acids is 2. The maximum Gasteiger partial charge on any atom is 0.253 e. The Kier molecular flexibility index (Phi) is 12.5. The van der Waals surface area contributed by atoms with Crippen LogP contribution in [0.15, 0.2) is 79.1 Å². The normalized spacial score (nSPS) is 18.9. The summed E-state index contributed by atoms with van der Waals surface area (Å²) in [6.07, 6.45) is 12.5. The van der Waals surface area contributed by atoms with Crippen LogP contribution in [0.2, 0.25) is 0 Å². The van der Waals surface area contributed by atoms with Crippen molar-refractivity contribution in [2.75, 3.05) is 0 Å². The van der Waals surface area contributed by atoms with Gasteiger partial charge in [-0.15, -0.1) is 0 Å². The minimum Gasteiger partial charge on any atom is -0.487 e. The average Bonchev–Trinajstić information content (AvgIpc) is 3.17. The average molecular weight is 711 g/mol. The lowest BCUT2D eigenvalue weighted by Gasteiger charge is -2.33. The van der Waals surface area contributed by atoms with Gasteiger partial charge in [0, 0.05) is 30.5 Å². The summed E-state index contributed by atoms with van der Waals surface area (Å²) in [7, 11) is 0. The number of benzene rings is 2. The van der Waals surface area contributed by atoms with Crippen LogP contribution in [-0.2, 0) is 13.2 Å². The minimum absolute atomic E-state index is 0.0553. The van der Waals surface area contributed by atoms with Gasteiger partial charge in [0.15, 0.2) is 11.6 Å². The van der Waals surface area contributed by atoms with Gasteiger partial charge in [0.25, 0.3) is 11.8 Å². The number of para-hydroxylation sites is 1. The van der Waals surface area contributed by atoms with Crippen LogP contribution in [-0.4, -0.2) is 33.9 Å². The number of ether oxygens (including phenoxy) is 2. The number of nitrogens with zero attached hydrogens (tertiary/aromatic N) is 2.